The Kier molecular flexibility index (Phi) is 21.3. The Hall–Kier alpha value is -2.48. The minimum Gasteiger partial charge on any atom is -0.222 e. The van der Waals surface area contributed by atoms with Crippen LogP contribution in [0.2, 0.25) is 0 Å². The highest BCUT2D eigenvalue weighted by molar-refractivity contribution is 5.37. The van der Waals surface area contributed by atoms with Crippen LogP contribution in [0.3, 0.4) is 0 Å². The van der Waals surface area contributed by atoms with E-state index >= 15 is 0 Å². The van der Waals surface area contributed by atoms with Gasteiger partial charge in [0.25, 0.3) is 0 Å². The van der Waals surface area contributed by atoms with Crippen molar-refractivity contribution in [1.82, 2.24) is 0 Å². The quantitative estimate of drug-likeness (QED) is 0.591. The SMILES string of the molecule is C1CCCCC1.N=C=O.N=C=O.O=C=NC(N=C=O)C1CCCCC1. The fourth-order valence-electron chi connectivity index (χ4n) is 2.84. The molecule has 0 amide bonds. The van der Waals surface area contributed by atoms with Gasteiger partial charge >= 0.3 is 0 Å². The second-order valence-corrected chi connectivity index (χ2v) is 5.58. The highest BCUT2D eigenvalue weighted by Gasteiger charge is 2.22. The van der Waals surface area contributed by atoms with E-state index in [1.54, 1.807) is 0 Å². The van der Waals surface area contributed by atoms with E-state index in [2.05, 4.69) is 9.98 Å². The normalized spacial score (nSPS) is 16.6. The maximum atomic E-state index is 10.1. The number of aliphatic imine (C=N–C) groups is 2. The fraction of sp³-hybridized carbons (Fsp3) is 0.765. The molecule has 0 bridgehead atoms. The smallest absolute Gasteiger partial charge is 0.222 e. The zero-order valence-electron chi connectivity index (χ0n) is 14.5. The topological polar surface area (TPSA) is 141 Å². The van der Waals surface area contributed by atoms with Gasteiger partial charge in [0.1, 0.15) is 0 Å². The van der Waals surface area contributed by atoms with Gasteiger partial charge in [0.15, 0.2) is 6.17 Å². The van der Waals surface area contributed by atoms with Crippen molar-refractivity contribution in [3.63, 3.8) is 0 Å². The summed E-state index contributed by atoms with van der Waals surface area (Å²) >= 11 is 0. The summed E-state index contributed by atoms with van der Waals surface area (Å²) in [5.41, 5.74) is 0. The summed E-state index contributed by atoms with van der Waals surface area (Å²) in [6.07, 6.45) is 18.3. The molecule has 2 N–H and O–H groups in total. The molecule has 8 heteroatoms. The first-order valence-electron chi connectivity index (χ1n) is 8.43. The molecule has 0 heterocycles. The molecule has 2 saturated carbocycles. The van der Waals surface area contributed by atoms with Crippen molar-refractivity contribution in [2.75, 3.05) is 0 Å². The molecule has 25 heavy (non-hydrogen) atoms. The van der Waals surface area contributed by atoms with Crippen LogP contribution in [0, 0.1) is 16.7 Å². The van der Waals surface area contributed by atoms with E-state index in [1.807, 2.05) is 0 Å². The van der Waals surface area contributed by atoms with Gasteiger partial charge in [0.2, 0.25) is 24.3 Å². The number of rotatable bonds is 3. The molecule has 0 radical (unpaired) electrons. The van der Waals surface area contributed by atoms with Crippen molar-refractivity contribution in [2.24, 2.45) is 15.9 Å². The standard InChI is InChI=1S/C9H12N2O2.C6H12.2CHNO/c12-6-10-9(11-7-13)8-4-2-1-3-5-8;1-2-4-6-5-3-1;2*2-1-3/h8-9H,1-5H2;1-6H2;2*2H. The van der Waals surface area contributed by atoms with E-state index in [-0.39, 0.29) is 5.92 Å². The second kappa shape index (κ2) is 21.5. The lowest BCUT2D eigenvalue weighted by Crippen LogP contribution is -2.19. The molecule has 0 atom stereocenters. The van der Waals surface area contributed by atoms with Crippen LogP contribution >= 0.6 is 0 Å². The van der Waals surface area contributed by atoms with Gasteiger partial charge in [-0.25, -0.2) is 30.0 Å². The average Bonchev–Trinajstić information content (AvgIpc) is 2.66. The predicted octanol–water partition coefficient (Wildman–Crippen LogP) is 3.71. The average molecular weight is 350 g/mol. The molecular formula is C17H26N4O4. The van der Waals surface area contributed by atoms with Crippen molar-refractivity contribution in [3.8, 4) is 0 Å². The molecule has 2 rings (SSSR count). The summed E-state index contributed by atoms with van der Waals surface area (Å²) in [4.78, 5) is 43.8. The second-order valence-electron chi connectivity index (χ2n) is 5.58. The monoisotopic (exact) mass is 350 g/mol. The minimum absolute atomic E-state index is 0.233. The number of nitrogens with one attached hydrogen (secondary N) is 2. The molecule has 0 aromatic heterocycles. The van der Waals surface area contributed by atoms with E-state index in [9.17, 15) is 9.59 Å². The molecule has 0 aliphatic heterocycles. The summed E-state index contributed by atoms with van der Waals surface area (Å²) in [7, 11) is 0. The molecule has 0 spiro atoms. The molecule has 138 valence electrons. The Labute approximate surface area is 147 Å². The third-order valence-electron chi connectivity index (χ3n) is 3.94. The Bertz CT molecular complexity index is 433. The van der Waals surface area contributed by atoms with Crippen molar-refractivity contribution in [3.05, 3.63) is 0 Å². The first kappa shape index (κ1) is 24.8. The largest absolute Gasteiger partial charge is 0.237 e. The van der Waals surface area contributed by atoms with Crippen LogP contribution in [0.5, 0.6) is 0 Å². The summed E-state index contributed by atoms with van der Waals surface area (Å²) in [6, 6.07) is 0. The predicted molar refractivity (Wildman–Crippen MR) is 91.1 cm³/mol. The van der Waals surface area contributed by atoms with Gasteiger partial charge in [-0.3, -0.25) is 0 Å². The number of hydrogen-bond donors (Lipinski definition) is 2. The Morgan fingerprint density at radius 1 is 0.640 bits per heavy atom. The molecular weight excluding hydrogens is 324 g/mol. The lowest BCUT2D eigenvalue weighted by atomic mass is 9.87. The highest BCUT2D eigenvalue weighted by atomic mass is 16.1. The maximum absolute atomic E-state index is 10.1. The lowest BCUT2D eigenvalue weighted by molar-refractivity contribution is 0.310. The first-order valence-corrected chi connectivity index (χ1v) is 8.43. The van der Waals surface area contributed by atoms with Gasteiger partial charge in [-0.05, 0) is 12.8 Å². The van der Waals surface area contributed by atoms with E-state index in [0.29, 0.717) is 0 Å². The zero-order chi connectivity index (χ0) is 19.2. The molecule has 0 aromatic carbocycles. The van der Waals surface area contributed by atoms with Crippen molar-refractivity contribution in [1.29, 1.82) is 10.8 Å². The van der Waals surface area contributed by atoms with Crippen molar-refractivity contribution >= 4 is 24.3 Å². The Morgan fingerprint density at radius 2 is 0.920 bits per heavy atom. The van der Waals surface area contributed by atoms with Crippen LogP contribution in [0.4, 0.5) is 0 Å². The fourth-order valence-corrected chi connectivity index (χ4v) is 2.84. The van der Waals surface area contributed by atoms with Gasteiger partial charge in [-0.1, -0.05) is 57.8 Å². The molecule has 0 saturated heterocycles. The van der Waals surface area contributed by atoms with Gasteiger partial charge in [-0.15, -0.1) is 0 Å². The van der Waals surface area contributed by atoms with E-state index in [0.717, 1.165) is 37.8 Å². The molecule has 2 aliphatic carbocycles. The van der Waals surface area contributed by atoms with Crippen LogP contribution in [-0.4, -0.2) is 30.5 Å². The zero-order valence-corrected chi connectivity index (χ0v) is 14.5. The third-order valence-corrected chi connectivity index (χ3v) is 3.94. The van der Waals surface area contributed by atoms with E-state index in [1.165, 1.54) is 57.1 Å². The first-order chi connectivity index (χ1) is 12.2. The van der Waals surface area contributed by atoms with Gasteiger partial charge < -0.3 is 0 Å². The molecule has 0 unspecified atom stereocenters. The van der Waals surface area contributed by atoms with Crippen LogP contribution in [0.15, 0.2) is 9.98 Å². The summed E-state index contributed by atoms with van der Waals surface area (Å²) in [6.45, 7) is 0. The lowest BCUT2D eigenvalue weighted by Gasteiger charge is -2.22. The number of nitrogens with zero attached hydrogens (tertiary/aromatic N) is 2. The Balaban J connectivity index is 0. The molecule has 0 aromatic rings. The number of hydrogen-bond acceptors (Lipinski definition) is 8. The molecule has 2 fully saturated rings. The van der Waals surface area contributed by atoms with Crippen LogP contribution in [-0.2, 0) is 19.2 Å². The van der Waals surface area contributed by atoms with Crippen LogP contribution in [0.1, 0.15) is 70.6 Å². The Morgan fingerprint density at radius 3 is 1.20 bits per heavy atom. The van der Waals surface area contributed by atoms with E-state index < -0.39 is 6.17 Å². The number of carbonyl (C=O) groups excluding carboxylic acids is 4. The van der Waals surface area contributed by atoms with Gasteiger partial charge in [0, 0.05) is 5.92 Å². The maximum Gasteiger partial charge on any atom is 0.237 e. The molecule has 8 nitrogen and oxygen atoms in total. The van der Waals surface area contributed by atoms with Gasteiger partial charge in [0.05, 0.1) is 0 Å². The van der Waals surface area contributed by atoms with Crippen molar-refractivity contribution < 1.29 is 19.2 Å². The minimum atomic E-state index is -0.532. The van der Waals surface area contributed by atoms with Gasteiger partial charge in [-0.2, -0.15) is 9.98 Å². The van der Waals surface area contributed by atoms with Crippen molar-refractivity contribution in [2.45, 2.75) is 76.8 Å². The van der Waals surface area contributed by atoms with Crippen LogP contribution < -0.4 is 0 Å². The summed E-state index contributed by atoms with van der Waals surface area (Å²) in [5, 5.41) is 10.8. The summed E-state index contributed by atoms with van der Waals surface area (Å²) in [5.74, 6) is 0.233. The summed E-state index contributed by atoms with van der Waals surface area (Å²) < 4.78 is 0. The number of isocyanates is 4. The molecule has 2 aliphatic rings. The van der Waals surface area contributed by atoms with E-state index in [4.69, 9.17) is 20.4 Å². The highest BCUT2D eigenvalue weighted by Crippen LogP contribution is 2.28. The van der Waals surface area contributed by atoms with Crippen LogP contribution in [0.25, 0.3) is 0 Å². The third kappa shape index (κ3) is 17.7.